The molecule has 0 spiro atoms. The van der Waals surface area contributed by atoms with Crippen LogP contribution in [0.3, 0.4) is 0 Å². The van der Waals surface area contributed by atoms with Gasteiger partial charge in [0.1, 0.15) is 0 Å². The second kappa shape index (κ2) is 5.41. The topological polar surface area (TPSA) is 12.0 Å². The van der Waals surface area contributed by atoms with E-state index in [1.807, 2.05) is 0 Å². The number of hydrogen-bond donors (Lipinski definition) is 1. The smallest absolute Gasteiger partial charge is 0.0121 e. The molecule has 0 aromatic heterocycles. The summed E-state index contributed by atoms with van der Waals surface area (Å²) in [7, 11) is 0. The minimum atomic E-state index is 0.587. The molecule has 14 heavy (non-hydrogen) atoms. The molecule has 1 fully saturated rings. The molecule has 1 heteroatoms. The molecule has 0 heterocycles. The highest BCUT2D eigenvalue weighted by Gasteiger charge is 2.43. The molecule has 0 aromatic rings. The summed E-state index contributed by atoms with van der Waals surface area (Å²) >= 11 is 0. The van der Waals surface area contributed by atoms with Crippen molar-refractivity contribution in [3.8, 4) is 12.3 Å². The summed E-state index contributed by atoms with van der Waals surface area (Å²) in [4.78, 5) is 0. The lowest BCUT2D eigenvalue weighted by Gasteiger charge is -2.24. The van der Waals surface area contributed by atoms with Crippen molar-refractivity contribution in [2.24, 2.45) is 5.41 Å². The first-order valence-electron chi connectivity index (χ1n) is 5.90. The van der Waals surface area contributed by atoms with Crippen LogP contribution >= 0.6 is 0 Å². The van der Waals surface area contributed by atoms with Crippen molar-refractivity contribution in [2.75, 3.05) is 6.54 Å². The second-order valence-corrected chi connectivity index (χ2v) is 4.76. The van der Waals surface area contributed by atoms with Gasteiger partial charge in [-0.05, 0) is 44.1 Å². The molecule has 1 saturated carbocycles. The van der Waals surface area contributed by atoms with Crippen LogP contribution in [-0.4, -0.2) is 12.6 Å². The molecule has 0 aliphatic heterocycles. The van der Waals surface area contributed by atoms with Crippen LogP contribution in [0.1, 0.15) is 52.4 Å². The first kappa shape index (κ1) is 11.6. The molecule has 1 aliphatic carbocycles. The summed E-state index contributed by atoms with van der Waals surface area (Å²) < 4.78 is 0. The van der Waals surface area contributed by atoms with E-state index in [2.05, 4.69) is 25.1 Å². The largest absolute Gasteiger partial charge is 0.313 e. The number of hydrogen-bond acceptors (Lipinski definition) is 1. The van der Waals surface area contributed by atoms with Gasteiger partial charge in [-0.2, -0.15) is 0 Å². The molecular formula is C13H23N. The third-order valence-corrected chi connectivity index (χ3v) is 3.33. The van der Waals surface area contributed by atoms with Gasteiger partial charge in [0, 0.05) is 12.5 Å². The standard InChI is InChI=1S/C13H23N/c1-4-6-7-8-12(14-11-5-2)13(3)9-10-13/h1,12,14H,5-11H2,2-3H3. The molecule has 80 valence electrons. The Balaban J connectivity index is 2.26. The van der Waals surface area contributed by atoms with E-state index < -0.39 is 0 Å². The lowest BCUT2D eigenvalue weighted by molar-refractivity contribution is 0.332. The third kappa shape index (κ3) is 3.35. The zero-order valence-corrected chi connectivity index (χ0v) is 9.60. The fraction of sp³-hybridized carbons (Fsp3) is 0.846. The molecule has 0 saturated heterocycles. The number of terminal acetylenes is 1. The zero-order valence-electron chi connectivity index (χ0n) is 9.60. The van der Waals surface area contributed by atoms with Gasteiger partial charge in [-0.15, -0.1) is 12.3 Å². The third-order valence-electron chi connectivity index (χ3n) is 3.33. The Morgan fingerprint density at radius 1 is 1.50 bits per heavy atom. The van der Waals surface area contributed by atoms with Crippen LogP contribution in [0.15, 0.2) is 0 Å². The van der Waals surface area contributed by atoms with E-state index in [1.54, 1.807) is 0 Å². The average molecular weight is 193 g/mol. The van der Waals surface area contributed by atoms with E-state index in [1.165, 1.54) is 32.1 Å². The normalized spacial score (nSPS) is 20.1. The van der Waals surface area contributed by atoms with Crippen LogP contribution in [0.5, 0.6) is 0 Å². The van der Waals surface area contributed by atoms with E-state index in [-0.39, 0.29) is 0 Å². The highest BCUT2D eigenvalue weighted by Crippen LogP contribution is 2.49. The lowest BCUT2D eigenvalue weighted by atomic mass is 9.93. The monoisotopic (exact) mass is 193 g/mol. The van der Waals surface area contributed by atoms with Crippen LogP contribution in [0, 0.1) is 17.8 Å². The second-order valence-electron chi connectivity index (χ2n) is 4.76. The highest BCUT2D eigenvalue weighted by atomic mass is 14.9. The van der Waals surface area contributed by atoms with Gasteiger partial charge >= 0.3 is 0 Å². The van der Waals surface area contributed by atoms with Gasteiger partial charge in [-0.1, -0.05) is 13.8 Å². The molecule has 1 atom stereocenters. The maximum Gasteiger partial charge on any atom is 0.0121 e. The van der Waals surface area contributed by atoms with Gasteiger partial charge in [0.25, 0.3) is 0 Å². The number of nitrogens with one attached hydrogen (secondary N) is 1. The van der Waals surface area contributed by atoms with Gasteiger partial charge in [-0.3, -0.25) is 0 Å². The van der Waals surface area contributed by atoms with E-state index in [4.69, 9.17) is 6.42 Å². The Bertz CT molecular complexity index is 198. The molecule has 0 amide bonds. The molecule has 0 radical (unpaired) electrons. The van der Waals surface area contributed by atoms with Crippen LogP contribution in [0.4, 0.5) is 0 Å². The van der Waals surface area contributed by atoms with Crippen molar-refractivity contribution in [1.82, 2.24) is 5.32 Å². The van der Waals surface area contributed by atoms with Crippen LogP contribution in [-0.2, 0) is 0 Å². The maximum atomic E-state index is 5.27. The number of rotatable bonds is 7. The first-order chi connectivity index (χ1) is 6.73. The molecule has 1 unspecified atom stereocenters. The van der Waals surface area contributed by atoms with Crippen molar-refractivity contribution in [3.05, 3.63) is 0 Å². The summed E-state index contributed by atoms with van der Waals surface area (Å²) in [5, 5.41) is 3.66. The minimum Gasteiger partial charge on any atom is -0.313 e. The number of unbranched alkanes of at least 4 members (excludes halogenated alkanes) is 1. The van der Waals surface area contributed by atoms with Gasteiger partial charge in [-0.25, -0.2) is 0 Å². The molecule has 1 aliphatic rings. The zero-order chi connectivity index (χ0) is 10.4. The van der Waals surface area contributed by atoms with Crippen molar-refractivity contribution in [3.63, 3.8) is 0 Å². The molecule has 1 rings (SSSR count). The Morgan fingerprint density at radius 3 is 2.71 bits per heavy atom. The van der Waals surface area contributed by atoms with E-state index in [0.29, 0.717) is 11.5 Å². The summed E-state index contributed by atoms with van der Waals surface area (Å²) in [6, 6.07) is 0.704. The summed E-state index contributed by atoms with van der Waals surface area (Å²) in [6.45, 7) is 5.77. The SMILES string of the molecule is C#CCCCC(NCCC)C1(C)CC1. The van der Waals surface area contributed by atoms with E-state index in [0.717, 1.165) is 13.0 Å². The Labute approximate surface area is 88.7 Å². The van der Waals surface area contributed by atoms with Gasteiger partial charge in [0.2, 0.25) is 0 Å². The average Bonchev–Trinajstić information content (AvgIpc) is 2.91. The fourth-order valence-electron chi connectivity index (χ4n) is 1.97. The summed E-state index contributed by atoms with van der Waals surface area (Å²) in [5.74, 6) is 2.72. The highest BCUT2D eigenvalue weighted by molar-refractivity contribution is 4.99. The molecule has 1 N–H and O–H groups in total. The summed E-state index contributed by atoms with van der Waals surface area (Å²) in [6.07, 6.45) is 12.6. The first-order valence-corrected chi connectivity index (χ1v) is 5.90. The van der Waals surface area contributed by atoms with Gasteiger partial charge in [0.15, 0.2) is 0 Å². The Kier molecular flexibility index (Phi) is 4.48. The molecule has 0 bridgehead atoms. The van der Waals surface area contributed by atoms with Crippen molar-refractivity contribution >= 4 is 0 Å². The molecule has 1 nitrogen and oxygen atoms in total. The Morgan fingerprint density at radius 2 is 2.21 bits per heavy atom. The van der Waals surface area contributed by atoms with E-state index >= 15 is 0 Å². The van der Waals surface area contributed by atoms with Gasteiger partial charge < -0.3 is 5.32 Å². The van der Waals surface area contributed by atoms with Gasteiger partial charge in [0.05, 0.1) is 0 Å². The lowest BCUT2D eigenvalue weighted by Crippen LogP contribution is -2.36. The maximum absolute atomic E-state index is 5.27. The van der Waals surface area contributed by atoms with Crippen molar-refractivity contribution in [2.45, 2.75) is 58.4 Å². The van der Waals surface area contributed by atoms with Crippen LogP contribution < -0.4 is 5.32 Å². The predicted molar refractivity (Wildman–Crippen MR) is 62.1 cm³/mol. The minimum absolute atomic E-state index is 0.587. The molecular weight excluding hydrogens is 170 g/mol. The van der Waals surface area contributed by atoms with Crippen molar-refractivity contribution < 1.29 is 0 Å². The van der Waals surface area contributed by atoms with Crippen LogP contribution in [0.2, 0.25) is 0 Å². The Hall–Kier alpha value is -0.480. The van der Waals surface area contributed by atoms with E-state index in [9.17, 15) is 0 Å². The summed E-state index contributed by atoms with van der Waals surface area (Å²) in [5.41, 5.74) is 0.587. The fourth-order valence-corrected chi connectivity index (χ4v) is 1.97. The van der Waals surface area contributed by atoms with Crippen LogP contribution in [0.25, 0.3) is 0 Å². The van der Waals surface area contributed by atoms with Crippen molar-refractivity contribution in [1.29, 1.82) is 0 Å². The molecule has 0 aromatic carbocycles. The quantitative estimate of drug-likeness (QED) is 0.484. The predicted octanol–water partition coefficient (Wildman–Crippen LogP) is 2.96.